The zero-order chi connectivity index (χ0) is 81.9. The van der Waals surface area contributed by atoms with E-state index in [1.807, 2.05) is 75.4 Å². The molecule has 0 bridgehead atoms. The standard InChI is InChI=1S/C97H124ClN3O10/c1-29-104-87(102)83-46-68-30-31-84(99-86(68)100-85(83)98)101(88(103)111-97(26,27)28)54-61-40-77(109-59-66-42-79(105-55-62-32-69(89(2,3)4)47-70(33-62)90(5,6)7)52-80(43-66)106-56-63-34-71(91(8,9)10)48-72(35-63)92(11,12)13)51-78(41-61)110-60-67-44-81(107-57-64-36-73(93(14,15)16)49-74(37-64)94(17,18)19)53-82(45-67)108-58-65-38-75(95(20,21)22)50-76(39-65)96(23,24)25/h30-53H,29,54-60H2,1-28H3. The van der Waals surface area contributed by atoms with Gasteiger partial charge in [-0.15, -0.1) is 0 Å². The van der Waals surface area contributed by atoms with Crippen LogP contribution in [0.25, 0.3) is 11.0 Å². The van der Waals surface area contributed by atoms with Crippen LogP contribution < -0.4 is 33.3 Å². The van der Waals surface area contributed by atoms with Gasteiger partial charge in [-0.1, -0.05) is 251 Å². The molecule has 0 saturated heterocycles. The van der Waals surface area contributed by atoms with Crippen molar-refractivity contribution in [2.24, 2.45) is 0 Å². The minimum atomic E-state index is -0.904. The fraction of sp³-hybridized carbons (Fsp3) is 0.464. The molecule has 1 amide bonds. The summed E-state index contributed by atoms with van der Waals surface area (Å²) in [5.41, 5.74) is 15.0. The Labute approximate surface area is 668 Å². The Morgan fingerprint density at radius 1 is 0.333 bits per heavy atom. The lowest BCUT2D eigenvalue weighted by molar-refractivity contribution is 0.0524. The molecule has 14 heteroatoms. The molecule has 0 atom stereocenters. The molecule has 2 aromatic heterocycles. The fourth-order valence-electron chi connectivity index (χ4n) is 12.5. The van der Waals surface area contributed by atoms with Gasteiger partial charge in [-0.3, -0.25) is 4.90 Å². The number of pyridine rings is 2. The van der Waals surface area contributed by atoms with Crippen LogP contribution in [0.5, 0.6) is 34.5 Å². The molecule has 111 heavy (non-hydrogen) atoms. The zero-order valence-electron chi connectivity index (χ0n) is 71.8. The smallest absolute Gasteiger partial charge is 0.416 e. The van der Waals surface area contributed by atoms with E-state index in [-0.39, 0.29) is 91.9 Å². The number of anilines is 1. The number of hydrogen-bond donors (Lipinski definition) is 0. The maximum atomic E-state index is 14.8. The Morgan fingerprint density at radius 2 is 0.595 bits per heavy atom. The van der Waals surface area contributed by atoms with Crippen LogP contribution in [0.3, 0.4) is 0 Å². The van der Waals surface area contributed by atoms with Crippen LogP contribution in [0.2, 0.25) is 5.15 Å². The third-order valence-corrected chi connectivity index (χ3v) is 19.8. The largest absolute Gasteiger partial charge is 0.489 e. The average Bonchev–Trinajstić information content (AvgIpc) is 0.759. The minimum Gasteiger partial charge on any atom is -0.489 e. The second-order valence-electron chi connectivity index (χ2n) is 39.2. The third-order valence-electron chi connectivity index (χ3n) is 19.5. The number of ether oxygens (including phenoxy) is 8. The zero-order valence-corrected chi connectivity index (χ0v) is 72.6. The number of halogens is 1. The van der Waals surface area contributed by atoms with Crippen molar-refractivity contribution < 1.29 is 47.5 Å². The highest BCUT2D eigenvalue weighted by atomic mass is 35.5. The van der Waals surface area contributed by atoms with E-state index < -0.39 is 17.7 Å². The van der Waals surface area contributed by atoms with Crippen LogP contribution in [-0.4, -0.2) is 34.2 Å². The molecule has 0 aliphatic carbocycles. The fourth-order valence-corrected chi connectivity index (χ4v) is 12.7. The number of hydrogen-bond acceptors (Lipinski definition) is 12. The lowest BCUT2D eigenvalue weighted by Gasteiger charge is -2.27. The summed E-state index contributed by atoms with van der Waals surface area (Å²) in [6, 6.07) is 49.8. The predicted molar refractivity (Wildman–Crippen MR) is 454 cm³/mol. The molecule has 0 spiro atoms. The van der Waals surface area contributed by atoms with Crippen LogP contribution in [0.4, 0.5) is 10.6 Å². The molecule has 7 aromatic carbocycles. The summed E-state index contributed by atoms with van der Waals surface area (Å²) < 4.78 is 52.8. The summed E-state index contributed by atoms with van der Waals surface area (Å²) in [6.45, 7) is 62.5. The lowest BCUT2D eigenvalue weighted by atomic mass is 9.79. The molecule has 594 valence electrons. The van der Waals surface area contributed by atoms with Crippen LogP contribution in [0, 0.1) is 0 Å². The van der Waals surface area contributed by atoms with Crippen LogP contribution in [-0.2, 0) is 99.0 Å². The second kappa shape index (κ2) is 33.3. The van der Waals surface area contributed by atoms with Crippen molar-refractivity contribution in [1.82, 2.24) is 9.97 Å². The Kier molecular flexibility index (Phi) is 25.8. The molecule has 0 fully saturated rings. The van der Waals surface area contributed by atoms with Gasteiger partial charge in [0.25, 0.3) is 0 Å². The van der Waals surface area contributed by atoms with Gasteiger partial charge in [0.15, 0.2) is 5.65 Å². The first-order valence-corrected chi connectivity index (χ1v) is 39.5. The van der Waals surface area contributed by atoms with Gasteiger partial charge in [0.2, 0.25) is 0 Å². The summed E-state index contributed by atoms with van der Waals surface area (Å²) in [5.74, 6) is 2.93. The molecule has 0 saturated carbocycles. The van der Waals surface area contributed by atoms with Gasteiger partial charge in [-0.2, -0.15) is 0 Å². The molecule has 9 aromatic rings. The molecule has 2 heterocycles. The molecule has 0 radical (unpaired) electrons. The van der Waals surface area contributed by atoms with Gasteiger partial charge in [0.05, 0.1) is 18.7 Å². The molecule has 0 aliphatic rings. The molecule has 0 aliphatic heterocycles. The summed E-state index contributed by atoms with van der Waals surface area (Å²) >= 11 is 6.66. The average molecular weight is 1530 g/mol. The van der Waals surface area contributed by atoms with Crippen LogP contribution in [0.15, 0.2) is 146 Å². The Hall–Kier alpha value is -9.07. The first-order valence-electron chi connectivity index (χ1n) is 39.2. The highest BCUT2D eigenvalue weighted by molar-refractivity contribution is 6.33. The van der Waals surface area contributed by atoms with Gasteiger partial charge in [-0.25, -0.2) is 19.6 Å². The quantitative estimate of drug-likeness (QED) is 0.0445. The van der Waals surface area contributed by atoms with E-state index >= 15 is 0 Å². The predicted octanol–water partition coefficient (Wildman–Crippen LogP) is 25.3. The lowest BCUT2D eigenvalue weighted by Crippen LogP contribution is -2.37. The maximum Gasteiger partial charge on any atom is 0.416 e. The second-order valence-corrected chi connectivity index (χ2v) is 39.5. The van der Waals surface area contributed by atoms with Crippen molar-refractivity contribution in [2.45, 2.75) is 289 Å². The Balaban J connectivity index is 1.14. The number of nitrogens with zero attached hydrogens (tertiary/aromatic N) is 3. The maximum absolute atomic E-state index is 14.8. The number of esters is 1. The molecular formula is C97H124ClN3O10. The number of carbonyl (C=O) groups is 2. The van der Waals surface area contributed by atoms with Gasteiger partial charge in [0, 0.05) is 23.6 Å². The van der Waals surface area contributed by atoms with Crippen molar-refractivity contribution in [1.29, 1.82) is 0 Å². The summed E-state index contributed by atoms with van der Waals surface area (Å²) in [5, 5.41) is 0.421. The Bertz CT molecular complexity index is 4260. The summed E-state index contributed by atoms with van der Waals surface area (Å²) in [7, 11) is 0. The molecule has 9 rings (SSSR count). The van der Waals surface area contributed by atoms with Crippen LogP contribution in [0.1, 0.15) is 288 Å². The van der Waals surface area contributed by atoms with Crippen molar-refractivity contribution in [3.8, 4) is 34.5 Å². The van der Waals surface area contributed by atoms with Crippen molar-refractivity contribution in [2.75, 3.05) is 11.5 Å². The van der Waals surface area contributed by atoms with E-state index in [9.17, 15) is 9.59 Å². The van der Waals surface area contributed by atoms with Crippen LogP contribution >= 0.6 is 11.6 Å². The highest BCUT2D eigenvalue weighted by Crippen LogP contribution is 2.39. The number of fused-ring (bicyclic) bond motifs is 1. The summed E-state index contributed by atoms with van der Waals surface area (Å²) in [4.78, 5) is 38.6. The van der Waals surface area contributed by atoms with E-state index in [1.54, 1.807) is 25.1 Å². The normalized spacial score (nSPS) is 12.7. The van der Waals surface area contributed by atoms with Gasteiger partial charge >= 0.3 is 12.1 Å². The molecular weight excluding hydrogens is 1400 g/mol. The van der Waals surface area contributed by atoms with Crippen molar-refractivity contribution in [3.63, 3.8) is 0 Å². The van der Waals surface area contributed by atoms with E-state index in [2.05, 4.69) is 244 Å². The minimum absolute atomic E-state index is 0.0698. The topological polar surface area (TPSA) is 137 Å². The first-order chi connectivity index (χ1) is 51.2. The van der Waals surface area contributed by atoms with Crippen molar-refractivity contribution >= 4 is 40.5 Å². The van der Waals surface area contributed by atoms with Crippen molar-refractivity contribution in [3.05, 3.63) is 240 Å². The highest BCUT2D eigenvalue weighted by Gasteiger charge is 2.30. The SMILES string of the molecule is CCOC(=O)c1cc2ccc(N(Cc3cc(OCc4cc(OCc5cc(C(C)(C)C)cc(C(C)(C)C)c5)cc(OCc5cc(C(C)(C)C)cc(C(C)(C)C)c5)c4)cc(OCc4cc(OCc5cc(C(C)(C)C)cc(C(C)(C)C)c5)cc(OCc5cc(C(C)(C)C)cc(C(C)(C)C)c5)c4)c3)C(=O)OC(C)(C)C)nc2nc1Cl. The molecule has 13 nitrogen and oxygen atoms in total. The third kappa shape index (κ3) is 24.2. The number of aromatic nitrogens is 2. The number of carbonyl (C=O) groups excluding carboxylic acids is 2. The number of amides is 1. The first kappa shape index (κ1) is 85.9. The van der Waals surface area contributed by atoms with E-state index in [4.69, 9.17) is 54.5 Å². The van der Waals surface area contributed by atoms with Gasteiger partial charge < -0.3 is 37.9 Å². The van der Waals surface area contributed by atoms with Gasteiger partial charge in [0.1, 0.15) is 90.7 Å². The van der Waals surface area contributed by atoms with E-state index in [0.717, 1.165) is 33.4 Å². The summed E-state index contributed by atoms with van der Waals surface area (Å²) in [6.07, 6.45) is -0.676. The molecule has 0 unspecified atom stereocenters. The number of benzene rings is 7. The van der Waals surface area contributed by atoms with E-state index in [1.165, 1.54) is 49.4 Å². The van der Waals surface area contributed by atoms with E-state index in [0.29, 0.717) is 71.9 Å². The van der Waals surface area contributed by atoms with Gasteiger partial charge in [-0.05, 0) is 209 Å². The Morgan fingerprint density at radius 3 is 0.847 bits per heavy atom. The number of rotatable bonds is 23. The molecule has 0 N–H and O–H groups in total. The monoisotopic (exact) mass is 1530 g/mol.